The molecule has 1 aromatic heterocycles. The minimum Gasteiger partial charge on any atom is -0.486 e. The summed E-state index contributed by atoms with van der Waals surface area (Å²) in [6.45, 7) is 5.65. The topological polar surface area (TPSA) is 74.8 Å². The Balaban J connectivity index is 1.37. The zero-order chi connectivity index (χ0) is 23.2. The first kappa shape index (κ1) is 21.2. The molecule has 0 saturated heterocycles. The van der Waals surface area contributed by atoms with Gasteiger partial charge in [0.15, 0.2) is 11.5 Å². The molecular formula is C26H27N5O2S. The van der Waals surface area contributed by atoms with E-state index in [1.807, 2.05) is 24.3 Å². The molecule has 3 aromatic rings. The Morgan fingerprint density at radius 3 is 2.82 bits per heavy atom. The van der Waals surface area contributed by atoms with E-state index in [1.165, 1.54) is 5.57 Å². The van der Waals surface area contributed by atoms with Crippen molar-refractivity contribution in [3.05, 3.63) is 54.4 Å². The molecule has 3 aliphatic rings. The van der Waals surface area contributed by atoms with Gasteiger partial charge in [-0.25, -0.2) is 9.98 Å². The van der Waals surface area contributed by atoms with E-state index in [4.69, 9.17) is 26.7 Å². The monoisotopic (exact) mass is 473 g/mol. The molecular weight excluding hydrogens is 446 g/mol. The second kappa shape index (κ2) is 8.43. The SMILES string of the molecule is CC1=CC(C)C(C2C(Nc3ccc4c(c3)OCCO4)=NC(=S)N2c2ccc3nc[nH]c3c2)CC1. The number of aromatic amines is 1. The number of amidine groups is 1. The number of thiocarbonyl (C=S) groups is 1. The van der Waals surface area contributed by atoms with Gasteiger partial charge >= 0.3 is 0 Å². The van der Waals surface area contributed by atoms with Crippen LogP contribution < -0.4 is 19.7 Å². The quantitative estimate of drug-likeness (QED) is 0.397. The molecule has 34 heavy (non-hydrogen) atoms. The van der Waals surface area contributed by atoms with E-state index < -0.39 is 0 Å². The molecule has 0 bridgehead atoms. The molecule has 3 unspecified atom stereocenters. The summed E-state index contributed by atoms with van der Waals surface area (Å²) in [6.07, 6.45) is 6.29. The highest BCUT2D eigenvalue weighted by molar-refractivity contribution is 7.80. The summed E-state index contributed by atoms with van der Waals surface area (Å²) in [6, 6.07) is 12.1. The highest BCUT2D eigenvalue weighted by Gasteiger charge is 2.42. The van der Waals surface area contributed by atoms with Crippen LogP contribution in [0.2, 0.25) is 0 Å². The molecule has 0 fully saturated rings. The average molecular weight is 474 g/mol. The molecule has 3 heterocycles. The first-order chi connectivity index (χ1) is 16.6. The fraction of sp³-hybridized carbons (Fsp3) is 0.346. The molecule has 2 N–H and O–H groups in total. The van der Waals surface area contributed by atoms with Gasteiger partial charge in [0, 0.05) is 17.4 Å². The first-order valence-corrected chi connectivity index (χ1v) is 12.2. The van der Waals surface area contributed by atoms with Crippen LogP contribution in [0.5, 0.6) is 11.5 Å². The summed E-state index contributed by atoms with van der Waals surface area (Å²) in [5, 5.41) is 4.15. The van der Waals surface area contributed by atoms with E-state index in [1.54, 1.807) is 6.33 Å². The second-order valence-corrected chi connectivity index (χ2v) is 9.62. The Labute approximate surface area is 203 Å². The van der Waals surface area contributed by atoms with E-state index >= 15 is 0 Å². The first-order valence-electron chi connectivity index (χ1n) is 11.8. The lowest BCUT2D eigenvalue weighted by atomic mass is 9.77. The number of hydrogen-bond donors (Lipinski definition) is 2. The fourth-order valence-electron chi connectivity index (χ4n) is 5.33. The van der Waals surface area contributed by atoms with Gasteiger partial charge in [-0.1, -0.05) is 18.6 Å². The van der Waals surface area contributed by atoms with Gasteiger partial charge < -0.3 is 24.7 Å². The van der Waals surface area contributed by atoms with Crippen LogP contribution in [0.15, 0.2) is 59.4 Å². The van der Waals surface area contributed by atoms with Gasteiger partial charge in [0.25, 0.3) is 0 Å². The van der Waals surface area contributed by atoms with Crippen molar-refractivity contribution in [2.24, 2.45) is 16.8 Å². The van der Waals surface area contributed by atoms with Gasteiger partial charge in [0.05, 0.1) is 23.4 Å². The Morgan fingerprint density at radius 1 is 1.12 bits per heavy atom. The van der Waals surface area contributed by atoms with Crippen molar-refractivity contribution in [3.63, 3.8) is 0 Å². The predicted molar refractivity (Wildman–Crippen MR) is 139 cm³/mol. The van der Waals surface area contributed by atoms with Crippen molar-refractivity contribution in [1.82, 2.24) is 9.97 Å². The lowest BCUT2D eigenvalue weighted by Crippen LogP contribution is -2.47. The number of aromatic nitrogens is 2. The minimum atomic E-state index is 0.000391. The van der Waals surface area contributed by atoms with Gasteiger partial charge in [-0.3, -0.25) is 0 Å². The van der Waals surface area contributed by atoms with E-state index in [-0.39, 0.29) is 6.04 Å². The number of rotatable bonds is 3. The lowest BCUT2D eigenvalue weighted by Gasteiger charge is -2.38. The molecule has 7 nitrogen and oxygen atoms in total. The summed E-state index contributed by atoms with van der Waals surface area (Å²) in [4.78, 5) is 14.7. The molecule has 3 atom stereocenters. The van der Waals surface area contributed by atoms with Gasteiger partial charge in [-0.2, -0.15) is 0 Å². The highest BCUT2D eigenvalue weighted by atomic mass is 32.1. The Morgan fingerprint density at radius 2 is 1.97 bits per heavy atom. The van der Waals surface area contributed by atoms with Crippen molar-refractivity contribution < 1.29 is 9.47 Å². The molecule has 0 amide bonds. The number of anilines is 2. The van der Waals surface area contributed by atoms with Crippen molar-refractivity contribution in [3.8, 4) is 11.5 Å². The summed E-state index contributed by atoms with van der Waals surface area (Å²) < 4.78 is 11.5. The maximum atomic E-state index is 5.84. The Kier molecular flexibility index (Phi) is 5.25. The number of benzene rings is 2. The third kappa shape index (κ3) is 3.72. The number of nitrogens with one attached hydrogen (secondary N) is 2. The van der Waals surface area contributed by atoms with Crippen molar-refractivity contribution in [2.45, 2.75) is 32.7 Å². The summed E-state index contributed by atoms with van der Waals surface area (Å²) in [5.41, 5.74) is 5.31. The van der Waals surface area contributed by atoms with Crippen molar-refractivity contribution in [1.29, 1.82) is 0 Å². The fourth-order valence-corrected chi connectivity index (χ4v) is 5.65. The third-order valence-corrected chi connectivity index (χ3v) is 7.27. The largest absolute Gasteiger partial charge is 0.486 e. The van der Waals surface area contributed by atoms with Gasteiger partial charge in [-0.15, -0.1) is 0 Å². The van der Waals surface area contributed by atoms with Gasteiger partial charge in [0.1, 0.15) is 19.0 Å². The Hall–Kier alpha value is -3.39. The maximum Gasteiger partial charge on any atom is 0.202 e. The van der Waals surface area contributed by atoms with Crippen LogP contribution in [0, 0.1) is 11.8 Å². The van der Waals surface area contributed by atoms with Crippen LogP contribution in [-0.4, -0.2) is 40.2 Å². The lowest BCUT2D eigenvalue weighted by molar-refractivity contribution is 0.171. The molecule has 2 aromatic carbocycles. The van der Waals surface area contributed by atoms with Crippen LogP contribution in [0.3, 0.4) is 0 Å². The number of allylic oxidation sites excluding steroid dienone is 2. The summed E-state index contributed by atoms with van der Waals surface area (Å²) >= 11 is 5.84. The normalized spacial score (nSPS) is 24.2. The van der Waals surface area contributed by atoms with Crippen LogP contribution in [0.4, 0.5) is 11.4 Å². The van der Waals surface area contributed by atoms with Crippen LogP contribution >= 0.6 is 12.2 Å². The number of hydrogen-bond acceptors (Lipinski definition) is 5. The third-order valence-electron chi connectivity index (χ3n) is 6.98. The van der Waals surface area contributed by atoms with E-state index in [0.29, 0.717) is 30.2 Å². The number of fused-ring (bicyclic) bond motifs is 2. The van der Waals surface area contributed by atoms with E-state index in [2.05, 4.69) is 52.2 Å². The van der Waals surface area contributed by atoms with Gasteiger partial charge in [-0.05, 0) is 74.2 Å². The molecule has 0 radical (unpaired) electrons. The predicted octanol–water partition coefficient (Wildman–Crippen LogP) is 5.31. The summed E-state index contributed by atoms with van der Waals surface area (Å²) in [5.74, 6) is 3.17. The zero-order valence-electron chi connectivity index (χ0n) is 19.2. The number of aliphatic imine (C=N–C) groups is 1. The van der Waals surface area contributed by atoms with Crippen molar-refractivity contribution >= 4 is 45.6 Å². The second-order valence-electron chi connectivity index (χ2n) is 9.26. The maximum absolute atomic E-state index is 5.84. The van der Waals surface area contributed by atoms with Crippen molar-refractivity contribution in [2.75, 3.05) is 23.4 Å². The molecule has 8 heteroatoms. The molecule has 0 saturated carbocycles. The standard InChI is InChI=1S/C26H27N5O2S/c1-15-3-6-19(16(2)11-15)24-25(29-17-4-8-22-23(12-17)33-10-9-32-22)30-26(34)31(24)18-5-7-20-21(13-18)28-14-27-20/h4-5,7-8,11-14,16,19,24H,3,6,9-10H2,1-2H3,(H,27,28)(H,29,30,34). The van der Waals surface area contributed by atoms with E-state index in [9.17, 15) is 0 Å². The van der Waals surface area contributed by atoms with Gasteiger partial charge in [0.2, 0.25) is 5.11 Å². The number of H-pyrrole nitrogens is 1. The van der Waals surface area contributed by atoms with Crippen LogP contribution in [0.25, 0.3) is 11.0 Å². The molecule has 0 spiro atoms. The minimum absolute atomic E-state index is 0.000391. The highest BCUT2D eigenvalue weighted by Crippen LogP contribution is 2.39. The molecule has 6 rings (SSSR count). The molecule has 174 valence electrons. The van der Waals surface area contributed by atoms with Crippen LogP contribution in [-0.2, 0) is 0 Å². The Bertz CT molecular complexity index is 1330. The summed E-state index contributed by atoms with van der Waals surface area (Å²) in [7, 11) is 0. The average Bonchev–Trinajstić information content (AvgIpc) is 3.42. The number of ether oxygens (including phenoxy) is 2. The number of imidazole rings is 1. The number of nitrogens with zero attached hydrogens (tertiary/aromatic N) is 3. The molecule has 1 aliphatic carbocycles. The van der Waals surface area contributed by atoms with Crippen LogP contribution in [0.1, 0.15) is 26.7 Å². The van der Waals surface area contributed by atoms with E-state index in [0.717, 1.165) is 52.6 Å². The molecule has 2 aliphatic heterocycles. The smallest absolute Gasteiger partial charge is 0.202 e. The zero-order valence-corrected chi connectivity index (χ0v) is 20.1.